The van der Waals surface area contributed by atoms with Gasteiger partial charge in [-0.25, -0.2) is 4.79 Å². The molecule has 0 aromatic heterocycles. The van der Waals surface area contributed by atoms with E-state index >= 15 is 0 Å². The molecule has 0 saturated carbocycles. The van der Waals surface area contributed by atoms with Crippen LogP contribution in [0.25, 0.3) is 0 Å². The van der Waals surface area contributed by atoms with Crippen molar-refractivity contribution in [3.8, 4) is 0 Å². The van der Waals surface area contributed by atoms with Crippen LogP contribution < -0.4 is 4.90 Å². The summed E-state index contributed by atoms with van der Waals surface area (Å²) < 4.78 is 5.09. The highest BCUT2D eigenvalue weighted by Crippen LogP contribution is 2.23. The van der Waals surface area contributed by atoms with Gasteiger partial charge in [0.1, 0.15) is 0 Å². The molecule has 3 rings (SSSR count). The van der Waals surface area contributed by atoms with E-state index < -0.39 is 18.4 Å². The van der Waals surface area contributed by atoms with Crippen LogP contribution in [0.3, 0.4) is 0 Å². The highest BCUT2D eigenvalue weighted by Gasteiger charge is 2.22. The van der Waals surface area contributed by atoms with E-state index in [9.17, 15) is 14.4 Å². The molecule has 0 unspecified atom stereocenters. The Hall–Kier alpha value is -2.37. The van der Waals surface area contributed by atoms with Crippen molar-refractivity contribution in [2.75, 3.05) is 18.1 Å². The predicted octanol–water partition coefficient (Wildman–Crippen LogP) is 4.16. The minimum absolute atomic E-state index is 0.0306. The molecule has 0 N–H and O–H groups in total. The topological polar surface area (TPSA) is 63.7 Å². The van der Waals surface area contributed by atoms with E-state index in [0.717, 1.165) is 6.42 Å². The molecule has 1 aliphatic rings. The summed E-state index contributed by atoms with van der Waals surface area (Å²) in [4.78, 5) is 37.9. The Bertz CT molecular complexity index is 882. The number of carbonyl (C=O) groups excluding carboxylic acids is 3. The van der Waals surface area contributed by atoms with Crippen LogP contribution >= 0.6 is 23.2 Å². The monoisotopic (exact) mass is 391 g/mol. The van der Waals surface area contributed by atoms with Gasteiger partial charge in [0, 0.05) is 29.2 Å². The molecule has 7 heteroatoms. The van der Waals surface area contributed by atoms with Gasteiger partial charge in [0.15, 0.2) is 6.61 Å². The Balaban J connectivity index is 1.66. The molecule has 0 atom stereocenters. The van der Waals surface area contributed by atoms with Crippen LogP contribution in [0.4, 0.5) is 5.69 Å². The van der Waals surface area contributed by atoms with Crippen molar-refractivity contribution < 1.29 is 19.1 Å². The standard InChI is InChI=1S/C19H15Cl2NO4/c20-13-6-7-15(16(21)10-13)17(23)11-26-19(25)12-3-1-4-14(9-12)22-8-2-5-18(22)24/h1,3-4,6-7,9-10H,2,5,8,11H2. The van der Waals surface area contributed by atoms with Crippen molar-refractivity contribution in [1.29, 1.82) is 0 Å². The van der Waals surface area contributed by atoms with Crippen LogP contribution in [0.15, 0.2) is 42.5 Å². The zero-order chi connectivity index (χ0) is 18.7. The summed E-state index contributed by atoms with van der Waals surface area (Å²) in [6, 6.07) is 11.1. The van der Waals surface area contributed by atoms with Crippen molar-refractivity contribution in [3.05, 3.63) is 63.6 Å². The van der Waals surface area contributed by atoms with E-state index in [1.807, 2.05) is 0 Å². The summed E-state index contributed by atoms with van der Waals surface area (Å²) >= 11 is 11.8. The minimum atomic E-state index is -0.642. The molecule has 2 aromatic rings. The van der Waals surface area contributed by atoms with E-state index in [1.54, 1.807) is 35.2 Å². The number of ether oxygens (including phenoxy) is 1. The first-order valence-corrected chi connectivity index (χ1v) is 8.77. The van der Waals surface area contributed by atoms with Gasteiger partial charge in [-0.1, -0.05) is 29.3 Å². The molecular weight excluding hydrogens is 377 g/mol. The highest BCUT2D eigenvalue weighted by molar-refractivity contribution is 6.36. The number of rotatable bonds is 5. The first kappa shape index (κ1) is 18.4. The Morgan fingerprint density at radius 2 is 1.92 bits per heavy atom. The van der Waals surface area contributed by atoms with E-state index in [-0.39, 0.29) is 22.1 Å². The lowest BCUT2D eigenvalue weighted by Gasteiger charge is -2.16. The van der Waals surface area contributed by atoms with Crippen molar-refractivity contribution in [2.24, 2.45) is 0 Å². The van der Waals surface area contributed by atoms with Crippen molar-refractivity contribution in [3.63, 3.8) is 0 Å². The van der Waals surface area contributed by atoms with Crippen LogP contribution in [-0.4, -0.2) is 30.8 Å². The fraction of sp³-hybridized carbons (Fsp3) is 0.211. The Kier molecular flexibility index (Phi) is 5.59. The van der Waals surface area contributed by atoms with Gasteiger partial charge in [-0.2, -0.15) is 0 Å². The Labute approximate surface area is 160 Å². The van der Waals surface area contributed by atoms with E-state index in [0.29, 0.717) is 23.7 Å². The smallest absolute Gasteiger partial charge is 0.338 e. The van der Waals surface area contributed by atoms with Gasteiger partial charge in [-0.15, -0.1) is 0 Å². The fourth-order valence-electron chi connectivity index (χ4n) is 2.73. The van der Waals surface area contributed by atoms with Crippen LogP contribution in [0, 0.1) is 0 Å². The van der Waals surface area contributed by atoms with Gasteiger partial charge < -0.3 is 9.64 Å². The lowest BCUT2D eigenvalue weighted by Crippen LogP contribution is -2.24. The first-order valence-electron chi connectivity index (χ1n) is 8.01. The maximum Gasteiger partial charge on any atom is 0.338 e. The second kappa shape index (κ2) is 7.89. The van der Waals surface area contributed by atoms with Gasteiger partial charge in [0.05, 0.1) is 10.6 Å². The van der Waals surface area contributed by atoms with Crippen LogP contribution in [0.1, 0.15) is 33.6 Å². The zero-order valence-electron chi connectivity index (χ0n) is 13.7. The summed E-state index contributed by atoms with van der Waals surface area (Å²) in [7, 11) is 0. The van der Waals surface area contributed by atoms with Crippen LogP contribution in [0.5, 0.6) is 0 Å². The van der Waals surface area contributed by atoms with Gasteiger partial charge in [0.25, 0.3) is 0 Å². The average Bonchev–Trinajstić information content (AvgIpc) is 3.05. The number of benzene rings is 2. The Morgan fingerprint density at radius 3 is 2.62 bits per heavy atom. The molecule has 1 saturated heterocycles. The van der Waals surface area contributed by atoms with Gasteiger partial charge >= 0.3 is 5.97 Å². The number of amides is 1. The Morgan fingerprint density at radius 1 is 1.12 bits per heavy atom. The van der Waals surface area contributed by atoms with Gasteiger partial charge in [-0.3, -0.25) is 9.59 Å². The number of ketones is 1. The van der Waals surface area contributed by atoms with Gasteiger partial charge in [-0.05, 0) is 42.8 Å². The van der Waals surface area contributed by atoms with Crippen LogP contribution in [-0.2, 0) is 9.53 Å². The fourth-order valence-corrected chi connectivity index (χ4v) is 3.24. The molecule has 1 aliphatic heterocycles. The molecule has 1 fully saturated rings. The molecule has 0 radical (unpaired) electrons. The molecule has 0 spiro atoms. The maximum absolute atomic E-state index is 12.2. The average molecular weight is 392 g/mol. The van der Waals surface area contributed by atoms with E-state index in [2.05, 4.69) is 0 Å². The lowest BCUT2D eigenvalue weighted by molar-refractivity contribution is -0.117. The van der Waals surface area contributed by atoms with Crippen molar-refractivity contribution in [2.45, 2.75) is 12.8 Å². The second-order valence-electron chi connectivity index (χ2n) is 5.82. The lowest BCUT2D eigenvalue weighted by atomic mass is 10.1. The predicted molar refractivity (Wildman–Crippen MR) is 99.1 cm³/mol. The third-order valence-corrected chi connectivity index (χ3v) is 4.58. The van der Waals surface area contributed by atoms with Crippen molar-refractivity contribution >= 4 is 46.5 Å². The molecule has 0 aliphatic carbocycles. The summed E-state index contributed by atoms with van der Waals surface area (Å²) in [6.45, 7) is 0.192. The summed E-state index contributed by atoms with van der Waals surface area (Å²) in [6.07, 6.45) is 1.30. The molecule has 2 aromatic carbocycles. The zero-order valence-corrected chi connectivity index (χ0v) is 15.2. The number of nitrogens with zero attached hydrogens (tertiary/aromatic N) is 1. The number of anilines is 1. The number of hydrogen-bond acceptors (Lipinski definition) is 4. The molecule has 1 amide bonds. The quantitative estimate of drug-likeness (QED) is 0.566. The SMILES string of the molecule is O=C(OCC(=O)c1ccc(Cl)cc1Cl)c1cccc(N2CCCC2=O)c1. The maximum atomic E-state index is 12.2. The first-order chi connectivity index (χ1) is 12.5. The molecule has 1 heterocycles. The molecule has 0 bridgehead atoms. The largest absolute Gasteiger partial charge is 0.454 e. The third-order valence-electron chi connectivity index (χ3n) is 4.03. The molecule has 5 nitrogen and oxygen atoms in total. The number of esters is 1. The van der Waals surface area contributed by atoms with E-state index in [1.165, 1.54) is 12.1 Å². The number of halogens is 2. The molecule has 26 heavy (non-hydrogen) atoms. The number of Topliss-reactive ketones (excluding diaryl/α,β-unsaturated/α-hetero) is 1. The summed E-state index contributed by atoms with van der Waals surface area (Å²) in [5.74, 6) is -1.04. The van der Waals surface area contributed by atoms with Crippen LogP contribution in [0.2, 0.25) is 10.0 Å². The van der Waals surface area contributed by atoms with Gasteiger partial charge in [0.2, 0.25) is 11.7 Å². The normalized spacial score (nSPS) is 13.8. The third kappa shape index (κ3) is 4.06. The highest BCUT2D eigenvalue weighted by atomic mass is 35.5. The number of carbonyl (C=O) groups is 3. The number of hydrogen-bond donors (Lipinski definition) is 0. The minimum Gasteiger partial charge on any atom is -0.454 e. The molecular formula is C19H15Cl2NO4. The van der Waals surface area contributed by atoms with E-state index in [4.69, 9.17) is 27.9 Å². The second-order valence-corrected chi connectivity index (χ2v) is 6.67. The van der Waals surface area contributed by atoms with Crippen molar-refractivity contribution in [1.82, 2.24) is 0 Å². The molecule has 134 valence electrons. The summed E-state index contributed by atoms with van der Waals surface area (Å²) in [5, 5.41) is 0.616. The summed E-state index contributed by atoms with van der Waals surface area (Å²) in [5.41, 5.74) is 1.16.